The molecule has 9 nitrogen and oxygen atoms in total. The van der Waals surface area contributed by atoms with Gasteiger partial charge in [0.2, 0.25) is 0 Å². The number of fused-ring (bicyclic) bond motifs is 1. The second kappa shape index (κ2) is 11.7. The minimum Gasteiger partial charge on any atom is -0.493 e. The fourth-order valence-electron chi connectivity index (χ4n) is 5.19. The lowest BCUT2D eigenvalue weighted by atomic mass is 9.83. The highest BCUT2D eigenvalue weighted by Crippen LogP contribution is 2.41. The molecule has 0 radical (unpaired) electrons. The number of ether oxygens (including phenoxy) is 1. The Morgan fingerprint density at radius 3 is 2.86 bits per heavy atom. The van der Waals surface area contributed by atoms with Crippen molar-refractivity contribution >= 4 is 11.9 Å². The number of hydrogen-bond donors (Lipinski definition) is 1. The largest absolute Gasteiger partial charge is 0.493 e. The molecule has 1 aromatic carbocycles. The summed E-state index contributed by atoms with van der Waals surface area (Å²) in [7, 11) is 0. The van der Waals surface area contributed by atoms with E-state index in [1.165, 1.54) is 11.3 Å². The number of rotatable bonds is 12. The van der Waals surface area contributed by atoms with E-state index in [-0.39, 0.29) is 24.4 Å². The van der Waals surface area contributed by atoms with Gasteiger partial charge in [0.05, 0.1) is 31.9 Å². The molecule has 1 saturated heterocycles. The average molecular weight is 486 g/mol. The Morgan fingerprint density at radius 1 is 1.29 bits per heavy atom. The number of oxazole rings is 1. The highest BCUT2D eigenvalue weighted by atomic mass is 16.7. The third-order valence-corrected chi connectivity index (χ3v) is 6.81. The molecular weight excluding hydrogens is 450 g/mol. The normalized spacial score (nSPS) is 21.6. The molecule has 3 atom stereocenters. The molecule has 9 heteroatoms. The summed E-state index contributed by atoms with van der Waals surface area (Å²) in [6.45, 7) is 6.20. The molecule has 1 fully saturated rings. The van der Waals surface area contributed by atoms with Crippen LogP contribution in [0.25, 0.3) is 0 Å². The first-order chi connectivity index (χ1) is 17.0. The lowest BCUT2D eigenvalue weighted by molar-refractivity contribution is -0.188. The number of carboxylic acid groups (broad SMARTS) is 1. The summed E-state index contributed by atoms with van der Waals surface area (Å²) in [5, 5.41) is 11.8. The lowest BCUT2D eigenvalue weighted by Crippen LogP contribution is -2.44. The van der Waals surface area contributed by atoms with Gasteiger partial charge in [-0.3, -0.25) is 19.3 Å². The summed E-state index contributed by atoms with van der Waals surface area (Å²) in [6.07, 6.45) is 6.54. The lowest BCUT2D eigenvalue weighted by Gasteiger charge is -2.28. The Balaban J connectivity index is 1.58. The summed E-state index contributed by atoms with van der Waals surface area (Å²) in [6, 6.07) is 5.64. The topological polar surface area (TPSA) is 105 Å². The van der Waals surface area contributed by atoms with Crippen LogP contribution in [0.15, 0.2) is 35.1 Å². The fourth-order valence-corrected chi connectivity index (χ4v) is 5.19. The van der Waals surface area contributed by atoms with Crippen molar-refractivity contribution in [2.24, 2.45) is 5.92 Å². The molecule has 2 aromatic rings. The smallest absolute Gasteiger partial charge is 0.308 e. The Kier molecular flexibility index (Phi) is 8.41. The average Bonchev–Trinajstić information content (AvgIpc) is 3.59. The van der Waals surface area contributed by atoms with Crippen molar-refractivity contribution in [2.45, 2.75) is 57.9 Å². The first-order valence-corrected chi connectivity index (χ1v) is 12.6. The molecule has 2 aliphatic rings. The molecule has 3 heterocycles. The SMILES string of the molecule is CCCON(CCC)C(=O)CN1C[C@H](c2ccc3c(c2)CCO3)[C@@H](C(=O)O)[C@@H]1CCc1ncco1. The van der Waals surface area contributed by atoms with E-state index >= 15 is 0 Å². The molecule has 1 amide bonds. The molecule has 190 valence electrons. The number of aryl methyl sites for hydroxylation is 1. The van der Waals surface area contributed by atoms with Gasteiger partial charge in [-0.25, -0.2) is 10.0 Å². The number of aliphatic carboxylic acids is 1. The molecular formula is C26H35N3O6. The molecule has 0 bridgehead atoms. The zero-order valence-corrected chi connectivity index (χ0v) is 20.5. The predicted octanol–water partition coefficient (Wildman–Crippen LogP) is 3.29. The van der Waals surface area contributed by atoms with Crippen LogP contribution in [-0.4, -0.2) is 70.8 Å². The first-order valence-electron chi connectivity index (χ1n) is 12.6. The van der Waals surface area contributed by atoms with Crippen molar-refractivity contribution in [1.29, 1.82) is 0 Å². The number of carbonyl (C=O) groups excluding carboxylic acids is 1. The number of hydroxylamine groups is 2. The number of aromatic nitrogens is 1. The zero-order valence-electron chi connectivity index (χ0n) is 20.5. The number of benzene rings is 1. The highest BCUT2D eigenvalue weighted by Gasteiger charge is 2.47. The highest BCUT2D eigenvalue weighted by molar-refractivity contribution is 5.78. The van der Waals surface area contributed by atoms with Crippen LogP contribution in [0.1, 0.15) is 56.0 Å². The summed E-state index contributed by atoms with van der Waals surface area (Å²) < 4.78 is 11.0. The van der Waals surface area contributed by atoms with Crippen LogP contribution in [-0.2, 0) is 27.3 Å². The van der Waals surface area contributed by atoms with Crippen LogP contribution in [0, 0.1) is 5.92 Å². The van der Waals surface area contributed by atoms with Gasteiger partial charge in [0.1, 0.15) is 12.0 Å². The van der Waals surface area contributed by atoms with Crippen LogP contribution in [0.3, 0.4) is 0 Å². The fraction of sp³-hybridized carbons (Fsp3) is 0.577. The minimum absolute atomic E-state index is 0.105. The number of carbonyl (C=O) groups is 2. The standard InChI is InChI=1S/C26H35N3O6/c1-3-11-29(35-12-4-2)24(30)17-28-16-20(18-5-7-22-19(15-18)9-13-33-22)25(26(31)32)21(28)6-8-23-27-10-14-34-23/h5,7,10,14-15,20-21,25H,3-4,6,8-9,11-13,16-17H2,1-2H3,(H,31,32)/t20-,21+,25-/m1/s1. The van der Waals surface area contributed by atoms with E-state index < -0.39 is 11.9 Å². The molecule has 2 aliphatic heterocycles. The molecule has 0 unspecified atom stereocenters. The summed E-state index contributed by atoms with van der Waals surface area (Å²) >= 11 is 0. The summed E-state index contributed by atoms with van der Waals surface area (Å²) in [4.78, 5) is 37.7. The number of amides is 1. The molecule has 4 rings (SSSR count). The molecule has 1 aromatic heterocycles. The number of nitrogens with zero attached hydrogens (tertiary/aromatic N) is 3. The second-order valence-corrected chi connectivity index (χ2v) is 9.23. The third-order valence-electron chi connectivity index (χ3n) is 6.81. The van der Waals surface area contributed by atoms with Crippen LogP contribution < -0.4 is 4.74 Å². The van der Waals surface area contributed by atoms with E-state index in [4.69, 9.17) is 14.0 Å². The van der Waals surface area contributed by atoms with E-state index in [2.05, 4.69) is 11.1 Å². The summed E-state index contributed by atoms with van der Waals surface area (Å²) in [5.74, 6) is -0.460. The van der Waals surface area contributed by atoms with Crippen molar-refractivity contribution in [3.63, 3.8) is 0 Å². The van der Waals surface area contributed by atoms with Gasteiger partial charge in [-0.15, -0.1) is 0 Å². The maximum absolute atomic E-state index is 13.2. The Bertz CT molecular complexity index is 995. The quantitative estimate of drug-likeness (QED) is 0.457. The van der Waals surface area contributed by atoms with Gasteiger partial charge in [-0.05, 0) is 36.5 Å². The van der Waals surface area contributed by atoms with Crippen molar-refractivity contribution in [2.75, 3.05) is 32.8 Å². The zero-order chi connectivity index (χ0) is 24.8. The van der Waals surface area contributed by atoms with Gasteiger partial charge in [0, 0.05) is 37.9 Å². The van der Waals surface area contributed by atoms with E-state index in [0.29, 0.717) is 45.0 Å². The monoisotopic (exact) mass is 485 g/mol. The first kappa shape index (κ1) is 25.2. The summed E-state index contributed by atoms with van der Waals surface area (Å²) in [5.41, 5.74) is 2.09. The predicted molar refractivity (Wildman–Crippen MR) is 128 cm³/mol. The molecule has 35 heavy (non-hydrogen) atoms. The van der Waals surface area contributed by atoms with Gasteiger partial charge < -0.3 is 14.3 Å². The minimum atomic E-state index is -0.855. The van der Waals surface area contributed by atoms with Gasteiger partial charge in [0.25, 0.3) is 5.91 Å². The van der Waals surface area contributed by atoms with E-state index in [1.54, 1.807) is 6.20 Å². The maximum Gasteiger partial charge on any atom is 0.308 e. The van der Waals surface area contributed by atoms with E-state index in [1.807, 2.05) is 30.9 Å². The Labute approximate surface area is 206 Å². The molecule has 1 N–H and O–H groups in total. The molecule has 0 spiro atoms. The molecule has 0 aliphatic carbocycles. The Hall–Kier alpha value is -2.91. The van der Waals surface area contributed by atoms with Crippen LogP contribution in [0.4, 0.5) is 0 Å². The van der Waals surface area contributed by atoms with Crippen molar-refractivity contribution < 1.29 is 28.7 Å². The van der Waals surface area contributed by atoms with Crippen LogP contribution in [0.5, 0.6) is 5.75 Å². The van der Waals surface area contributed by atoms with Gasteiger partial charge >= 0.3 is 5.97 Å². The van der Waals surface area contributed by atoms with Crippen molar-refractivity contribution in [3.05, 3.63) is 47.7 Å². The number of carboxylic acids is 1. The number of hydrogen-bond acceptors (Lipinski definition) is 7. The van der Waals surface area contributed by atoms with Crippen molar-refractivity contribution in [1.82, 2.24) is 14.9 Å². The van der Waals surface area contributed by atoms with E-state index in [9.17, 15) is 14.7 Å². The van der Waals surface area contributed by atoms with Gasteiger partial charge in [-0.2, -0.15) is 0 Å². The van der Waals surface area contributed by atoms with Crippen LogP contribution >= 0.6 is 0 Å². The van der Waals surface area contributed by atoms with Gasteiger partial charge in [0.15, 0.2) is 5.89 Å². The Morgan fingerprint density at radius 2 is 2.14 bits per heavy atom. The van der Waals surface area contributed by atoms with E-state index in [0.717, 1.165) is 36.1 Å². The third kappa shape index (κ3) is 5.85. The molecule has 0 saturated carbocycles. The second-order valence-electron chi connectivity index (χ2n) is 9.23. The maximum atomic E-state index is 13.2. The number of likely N-dealkylation sites (tertiary alicyclic amines) is 1. The van der Waals surface area contributed by atoms with Crippen LogP contribution in [0.2, 0.25) is 0 Å². The van der Waals surface area contributed by atoms with Gasteiger partial charge in [-0.1, -0.05) is 26.0 Å². The van der Waals surface area contributed by atoms with Crippen molar-refractivity contribution in [3.8, 4) is 5.75 Å².